The van der Waals surface area contributed by atoms with Gasteiger partial charge in [-0.15, -0.1) is 0 Å². The summed E-state index contributed by atoms with van der Waals surface area (Å²) >= 11 is 0. The van der Waals surface area contributed by atoms with Crippen molar-refractivity contribution >= 4 is 37.1 Å². The molecule has 0 bridgehead atoms. The zero-order valence-corrected chi connectivity index (χ0v) is 29.7. The zero-order chi connectivity index (χ0) is 36.7. The van der Waals surface area contributed by atoms with E-state index in [1.165, 1.54) is 18.3 Å². The van der Waals surface area contributed by atoms with Crippen molar-refractivity contribution in [1.29, 1.82) is 0 Å². The van der Waals surface area contributed by atoms with E-state index in [0.717, 1.165) is 6.07 Å². The molecule has 0 atom stereocenters. The van der Waals surface area contributed by atoms with Crippen LogP contribution in [0.15, 0.2) is 36.5 Å². The van der Waals surface area contributed by atoms with Crippen molar-refractivity contribution in [3.05, 3.63) is 64.9 Å². The molecular formula is C34H42F5N3O6Si. The number of ether oxygens (including phenoxy) is 2. The van der Waals surface area contributed by atoms with Crippen molar-refractivity contribution in [1.82, 2.24) is 10.3 Å². The van der Waals surface area contributed by atoms with Gasteiger partial charge in [0.25, 0.3) is 0 Å². The largest absolute Gasteiger partial charge is 0.490 e. The van der Waals surface area contributed by atoms with Gasteiger partial charge in [0.2, 0.25) is 0 Å². The number of nitrogens with one attached hydrogen (secondary N) is 1. The molecule has 0 unspecified atom stereocenters. The average molecular weight is 712 g/mol. The van der Waals surface area contributed by atoms with E-state index in [1.54, 1.807) is 20.8 Å². The molecule has 2 N–H and O–H groups in total. The summed E-state index contributed by atoms with van der Waals surface area (Å²) in [6.45, 7) is 15.2. The van der Waals surface area contributed by atoms with E-state index in [4.69, 9.17) is 13.9 Å². The number of carbonyl (C=O) groups is 2. The molecule has 2 aromatic carbocycles. The molecule has 15 heteroatoms. The van der Waals surface area contributed by atoms with Gasteiger partial charge in [-0.25, -0.2) is 23.4 Å². The second-order valence-corrected chi connectivity index (χ2v) is 19.5. The molecule has 268 valence electrons. The topological polar surface area (TPSA) is 110 Å². The molecule has 1 aliphatic rings. The van der Waals surface area contributed by atoms with Gasteiger partial charge in [-0.05, 0) is 93.0 Å². The normalized spacial score (nSPS) is 17.1. The number of amides is 2. The Morgan fingerprint density at radius 1 is 1.00 bits per heavy atom. The van der Waals surface area contributed by atoms with Gasteiger partial charge in [-0.1, -0.05) is 20.8 Å². The van der Waals surface area contributed by atoms with Gasteiger partial charge in [-0.2, -0.15) is 18.1 Å². The fraction of sp³-hybridized carbons (Fsp3) is 0.500. The van der Waals surface area contributed by atoms with Crippen molar-refractivity contribution in [2.24, 2.45) is 0 Å². The molecule has 3 aromatic rings. The maximum Gasteiger partial charge on any atom is 0.425 e. The lowest BCUT2D eigenvalue weighted by Crippen LogP contribution is -2.46. The second-order valence-electron chi connectivity index (χ2n) is 14.7. The smallest absolute Gasteiger partial charge is 0.425 e. The van der Waals surface area contributed by atoms with E-state index in [0.29, 0.717) is 46.2 Å². The number of benzene rings is 2. The number of carbonyl (C=O) groups excluding carboxylic acids is 1. The molecule has 9 nitrogen and oxygen atoms in total. The Kier molecular flexibility index (Phi) is 10.7. The highest BCUT2D eigenvalue weighted by Crippen LogP contribution is 2.39. The Hall–Kier alpha value is -3.82. The van der Waals surface area contributed by atoms with Crippen molar-refractivity contribution < 1.29 is 50.5 Å². The van der Waals surface area contributed by atoms with E-state index >= 15 is 4.39 Å². The minimum atomic E-state index is -4.86. The first-order valence-corrected chi connectivity index (χ1v) is 18.6. The molecule has 1 fully saturated rings. The highest BCUT2D eigenvalue weighted by molar-refractivity contribution is 6.74. The van der Waals surface area contributed by atoms with Crippen molar-refractivity contribution in [3.8, 4) is 5.75 Å². The van der Waals surface area contributed by atoms with E-state index < -0.39 is 55.6 Å². The summed E-state index contributed by atoms with van der Waals surface area (Å²) in [5.74, 6) is -2.39. The van der Waals surface area contributed by atoms with Crippen molar-refractivity contribution in [3.63, 3.8) is 0 Å². The maximum absolute atomic E-state index is 15.9. The van der Waals surface area contributed by atoms with Crippen LogP contribution in [0, 0.1) is 11.6 Å². The van der Waals surface area contributed by atoms with Crippen LogP contribution in [-0.2, 0) is 28.5 Å². The molecule has 1 aliphatic carbocycles. The zero-order valence-electron chi connectivity index (χ0n) is 28.7. The quantitative estimate of drug-likeness (QED) is 0.167. The number of aromatic nitrogens is 1. The van der Waals surface area contributed by atoms with Crippen LogP contribution in [0.25, 0.3) is 10.8 Å². The first kappa shape index (κ1) is 38.0. The number of hydrogen-bond donors (Lipinski definition) is 2. The second kappa shape index (κ2) is 13.8. The molecule has 0 spiro atoms. The molecular weight excluding hydrogens is 669 g/mol. The Bertz CT molecular complexity index is 1720. The number of anilines is 1. The van der Waals surface area contributed by atoms with Gasteiger partial charge in [-0.3, -0.25) is 0 Å². The SMILES string of the molecule is CC(C)(C)OC(=O)N(C(=O)O)c1cc2c(CNC3CC(Oc4ccc(F)c(C(F)(F)F)c4)C3)c(F)cc(CO[Si](C)(C)C(C)(C)C)c2cn1. The van der Waals surface area contributed by atoms with Gasteiger partial charge >= 0.3 is 18.4 Å². The molecule has 1 heterocycles. The van der Waals surface area contributed by atoms with Crippen LogP contribution in [-0.4, -0.2) is 48.3 Å². The predicted octanol–water partition coefficient (Wildman–Crippen LogP) is 9.17. The van der Waals surface area contributed by atoms with E-state index in [1.807, 2.05) is 0 Å². The van der Waals surface area contributed by atoms with Gasteiger partial charge in [0.1, 0.15) is 34.9 Å². The van der Waals surface area contributed by atoms with Crippen LogP contribution in [0.2, 0.25) is 18.1 Å². The molecule has 49 heavy (non-hydrogen) atoms. The number of pyridine rings is 1. The van der Waals surface area contributed by atoms with E-state index in [9.17, 15) is 32.3 Å². The summed E-state index contributed by atoms with van der Waals surface area (Å²) in [4.78, 5) is 29.7. The van der Waals surface area contributed by atoms with Crippen LogP contribution in [0.5, 0.6) is 5.75 Å². The van der Waals surface area contributed by atoms with Gasteiger partial charge in [0, 0.05) is 29.7 Å². The number of alkyl halides is 3. The fourth-order valence-corrected chi connectivity index (χ4v) is 5.88. The Balaban J connectivity index is 1.60. The number of carboxylic acid groups (broad SMARTS) is 1. The van der Waals surface area contributed by atoms with E-state index in [-0.39, 0.29) is 41.4 Å². The number of halogens is 5. The number of rotatable bonds is 9. The summed E-state index contributed by atoms with van der Waals surface area (Å²) < 4.78 is 86.2. The summed E-state index contributed by atoms with van der Waals surface area (Å²) in [6, 6.07) is 4.95. The van der Waals surface area contributed by atoms with Crippen LogP contribution in [0.3, 0.4) is 0 Å². The molecule has 1 saturated carbocycles. The van der Waals surface area contributed by atoms with Gasteiger partial charge in [0.05, 0.1) is 12.2 Å². The monoisotopic (exact) mass is 711 g/mol. The molecule has 0 radical (unpaired) electrons. The van der Waals surface area contributed by atoms with Gasteiger partial charge < -0.3 is 24.3 Å². The highest BCUT2D eigenvalue weighted by atomic mass is 28.4. The molecule has 2 amide bonds. The van der Waals surface area contributed by atoms with Crippen LogP contribution < -0.4 is 15.0 Å². The van der Waals surface area contributed by atoms with Crippen molar-refractivity contribution in [2.45, 2.75) is 110 Å². The van der Waals surface area contributed by atoms with Crippen molar-refractivity contribution in [2.75, 3.05) is 4.90 Å². The standard InChI is InChI=1S/C34H42F5N3O6Si/c1-32(2,3)48-31(45)42(30(43)44)29-15-23-24(16-41-29)19(18-46-49(7,8)33(4,5)6)11-28(36)25(23)17-40-20-12-22(13-20)47-21-9-10-27(35)26(14-21)34(37,38)39/h9-11,14-16,20,22,40H,12-13,17-18H2,1-8H3,(H,43,44). The minimum Gasteiger partial charge on any atom is -0.490 e. The average Bonchev–Trinajstić information content (AvgIpc) is 2.92. The number of hydrogen-bond acceptors (Lipinski definition) is 7. The Morgan fingerprint density at radius 3 is 2.22 bits per heavy atom. The summed E-state index contributed by atoms with van der Waals surface area (Å²) in [5, 5.41) is 13.8. The lowest BCUT2D eigenvalue weighted by molar-refractivity contribution is -0.140. The highest BCUT2D eigenvalue weighted by Gasteiger charge is 2.38. The van der Waals surface area contributed by atoms with Crippen LogP contribution in [0.4, 0.5) is 37.4 Å². The Morgan fingerprint density at radius 2 is 1.65 bits per heavy atom. The molecule has 0 saturated heterocycles. The third kappa shape index (κ3) is 9.05. The van der Waals surface area contributed by atoms with Crippen LogP contribution in [0.1, 0.15) is 71.1 Å². The summed E-state index contributed by atoms with van der Waals surface area (Å²) in [7, 11) is -2.25. The molecule has 0 aliphatic heterocycles. The fourth-order valence-electron chi connectivity index (χ4n) is 4.93. The number of fused-ring (bicyclic) bond motifs is 1. The lowest BCUT2D eigenvalue weighted by atomic mass is 9.88. The third-order valence-electron chi connectivity index (χ3n) is 8.75. The first-order chi connectivity index (χ1) is 22.5. The summed E-state index contributed by atoms with van der Waals surface area (Å²) in [6.07, 6.45) is -5.98. The Labute approximate surface area is 282 Å². The van der Waals surface area contributed by atoms with E-state index in [2.05, 4.69) is 44.2 Å². The number of imide groups is 1. The van der Waals surface area contributed by atoms with Gasteiger partial charge in [0.15, 0.2) is 8.32 Å². The minimum absolute atomic E-state index is 0.0131. The van der Waals surface area contributed by atoms with Crippen LogP contribution >= 0.6 is 0 Å². The summed E-state index contributed by atoms with van der Waals surface area (Å²) in [5.41, 5.74) is -1.74. The lowest BCUT2D eigenvalue weighted by Gasteiger charge is -2.36. The first-order valence-electron chi connectivity index (χ1n) is 15.7. The third-order valence-corrected chi connectivity index (χ3v) is 13.2. The molecule has 1 aromatic heterocycles. The number of nitrogens with zero attached hydrogens (tertiary/aromatic N) is 2. The molecule has 4 rings (SSSR count). The predicted molar refractivity (Wildman–Crippen MR) is 176 cm³/mol. The maximum atomic E-state index is 15.9.